The first-order chi connectivity index (χ1) is 14.4. The molecule has 1 atom stereocenters. The minimum Gasteiger partial charge on any atom is -0.457 e. The lowest BCUT2D eigenvalue weighted by atomic mass is 10.0. The molecule has 2 aliphatic heterocycles. The number of nitrogens with one attached hydrogen (secondary N) is 2. The molecule has 0 unspecified atom stereocenters. The van der Waals surface area contributed by atoms with Crippen molar-refractivity contribution >= 4 is 45.4 Å². The first-order valence-corrected chi connectivity index (χ1v) is 11.5. The number of fused-ring (bicyclic) bond motifs is 3. The molecule has 1 amide bonds. The van der Waals surface area contributed by atoms with Crippen LogP contribution in [0.25, 0.3) is 11.3 Å². The van der Waals surface area contributed by atoms with Crippen LogP contribution >= 0.6 is 34.5 Å². The molecule has 5 rings (SSSR count). The predicted octanol–water partition coefficient (Wildman–Crippen LogP) is 5.94. The lowest BCUT2D eigenvalue weighted by Gasteiger charge is -2.30. The number of carbonyl (C=O) groups is 1. The van der Waals surface area contributed by atoms with Crippen LogP contribution in [-0.2, 0) is 13.0 Å². The van der Waals surface area contributed by atoms with Crippen LogP contribution in [0.4, 0.5) is 5.00 Å². The van der Waals surface area contributed by atoms with Crippen molar-refractivity contribution in [2.24, 2.45) is 0 Å². The largest absolute Gasteiger partial charge is 0.457 e. The Hall–Kier alpha value is -1.99. The van der Waals surface area contributed by atoms with Gasteiger partial charge in [-0.15, -0.1) is 11.3 Å². The summed E-state index contributed by atoms with van der Waals surface area (Å²) < 4.78 is 6.04. The standard InChI is InChI=1S/C22H21Cl2N3O2S/c1-11(2)27-8-7-13-18(10-27)30-22-19(13)21(28)25-20(26-22)17-6-5-16(29-17)12-3-4-14(23)15(24)9-12/h3-6,9,11,20,26H,7-8,10H2,1-2H3,(H,25,28)/t20-/m0/s1. The number of rotatable bonds is 3. The van der Waals surface area contributed by atoms with Crippen molar-refractivity contribution in [3.05, 3.63) is 62.1 Å². The van der Waals surface area contributed by atoms with Gasteiger partial charge >= 0.3 is 0 Å². The highest BCUT2D eigenvalue weighted by Gasteiger charge is 2.34. The number of thiophene rings is 1. The van der Waals surface area contributed by atoms with Crippen LogP contribution in [0, 0.1) is 0 Å². The Kier molecular flexibility index (Phi) is 5.06. The molecule has 0 bridgehead atoms. The van der Waals surface area contributed by atoms with E-state index in [9.17, 15) is 4.79 Å². The van der Waals surface area contributed by atoms with E-state index in [1.807, 2.05) is 18.2 Å². The molecule has 2 aromatic heterocycles. The van der Waals surface area contributed by atoms with Crippen molar-refractivity contribution in [3.63, 3.8) is 0 Å². The van der Waals surface area contributed by atoms with E-state index < -0.39 is 6.17 Å². The molecule has 3 aromatic rings. The van der Waals surface area contributed by atoms with Gasteiger partial charge < -0.3 is 15.1 Å². The Balaban J connectivity index is 1.41. The van der Waals surface area contributed by atoms with E-state index in [2.05, 4.69) is 29.4 Å². The van der Waals surface area contributed by atoms with Gasteiger partial charge in [-0.25, -0.2) is 0 Å². The number of anilines is 1. The van der Waals surface area contributed by atoms with Crippen LogP contribution in [0.1, 0.15) is 46.6 Å². The normalized spacial score (nSPS) is 18.7. The first kappa shape index (κ1) is 19.9. The molecule has 2 N–H and O–H groups in total. The summed E-state index contributed by atoms with van der Waals surface area (Å²) in [6, 6.07) is 9.61. The Morgan fingerprint density at radius 1 is 1.17 bits per heavy atom. The van der Waals surface area contributed by atoms with Gasteiger partial charge in [0.15, 0.2) is 6.17 Å². The van der Waals surface area contributed by atoms with Crippen molar-refractivity contribution in [1.82, 2.24) is 10.2 Å². The number of nitrogens with zero attached hydrogens (tertiary/aromatic N) is 1. The second-order valence-electron chi connectivity index (χ2n) is 7.90. The fourth-order valence-corrected chi connectivity index (χ4v) is 5.63. The van der Waals surface area contributed by atoms with Gasteiger partial charge in [0.05, 0.1) is 15.6 Å². The van der Waals surface area contributed by atoms with Crippen LogP contribution in [0.2, 0.25) is 10.0 Å². The topological polar surface area (TPSA) is 57.5 Å². The molecular formula is C22H21Cl2N3O2S. The monoisotopic (exact) mass is 461 g/mol. The summed E-state index contributed by atoms with van der Waals surface area (Å²) in [5.41, 5.74) is 2.82. The van der Waals surface area contributed by atoms with E-state index in [-0.39, 0.29) is 5.91 Å². The van der Waals surface area contributed by atoms with Gasteiger partial charge in [0.2, 0.25) is 0 Å². The number of benzene rings is 1. The van der Waals surface area contributed by atoms with Gasteiger partial charge in [-0.05, 0) is 56.2 Å². The fraction of sp³-hybridized carbons (Fsp3) is 0.318. The lowest BCUT2D eigenvalue weighted by molar-refractivity contribution is 0.0930. The number of halogens is 2. The second kappa shape index (κ2) is 7.61. The molecule has 4 heterocycles. The number of furan rings is 1. The maximum atomic E-state index is 12.9. The van der Waals surface area contributed by atoms with Gasteiger partial charge in [0.25, 0.3) is 5.91 Å². The summed E-state index contributed by atoms with van der Waals surface area (Å²) in [7, 11) is 0. The van der Waals surface area contributed by atoms with E-state index in [0.29, 0.717) is 27.6 Å². The van der Waals surface area contributed by atoms with Crippen LogP contribution in [-0.4, -0.2) is 23.4 Å². The summed E-state index contributed by atoms with van der Waals surface area (Å²) >= 11 is 13.8. The molecule has 0 radical (unpaired) electrons. The molecule has 5 nitrogen and oxygen atoms in total. The van der Waals surface area contributed by atoms with Gasteiger partial charge in [0.1, 0.15) is 16.5 Å². The zero-order valence-electron chi connectivity index (χ0n) is 16.6. The minimum absolute atomic E-state index is 0.0447. The number of hydrogen-bond donors (Lipinski definition) is 2. The molecule has 2 aliphatic rings. The van der Waals surface area contributed by atoms with Crippen LogP contribution in [0.5, 0.6) is 0 Å². The molecule has 0 spiro atoms. The highest BCUT2D eigenvalue weighted by molar-refractivity contribution is 7.16. The Morgan fingerprint density at radius 2 is 2.00 bits per heavy atom. The summed E-state index contributed by atoms with van der Waals surface area (Å²) in [5, 5.41) is 8.40. The smallest absolute Gasteiger partial charge is 0.256 e. The van der Waals surface area contributed by atoms with Crippen LogP contribution in [0.15, 0.2) is 34.7 Å². The maximum Gasteiger partial charge on any atom is 0.256 e. The minimum atomic E-state index is -0.414. The van der Waals surface area contributed by atoms with Crippen molar-refractivity contribution in [2.75, 3.05) is 11.9 Å². The van der Waals surface area contributed by atoms with Gasteiger partial charge in [-0.2, -0.15) is 0 Å². The highest BCUT2D eigenvalue weighted by atomic mass is 35.5. The third-order valence-electron chi connectivity index (χ3n) is 5.71. The fourth-order valence-electron chi connectivity index (χ4n) is 4.03. The third-order valence-corrected chi connectivity index (χ3v) is 7.60. The zero-order valence-corrected chi connectivity index (χ0v) is 18.9. The zero-order chi connectivity index (χ0) is 21.0. The molecule has 0 aliphatic carbocycles. The number of carbonyl (C=O) groups excluding carboxylic acids is 1. The Morgan fingerprint density at radius 3 is 2.77 bits per heavy atom. The van der Waals surface area contributed by atoms with E-state index >= 15 is 0 Å². The summed E-state index contributed by atoms with van der Waals surface area (Å²) in [6.07, 6.45) is 0.490. The quantitative estimate of drug-likeness (QED) is 0.506. The van der Waals surface area contributed by atoms with Gasteiger partial charge in [0, 0.05) is 29.6 Å². The molecular weight excluding hydrogens is 441 g/mol. The molecule has 30 heavy (non-hydrogen) atoms. The van der Waals surface area contributed by atoms with E-state index in [0.717, 1.165) is 35.6 Å². The van der Waals surface area contributed by atoms with Crippen LogP contribution in [0.3, 0.4) is 0 Å². The molecule has 8 heteroatoms. The predicted molar refractivity (Wildman–Crippen MR) is 122 cm³/mol. The summed E-state index contributed by atoms with van der Waals surface area (Å²) in [5.74, 6) is 1.27. The summed E-state index contributed by atoms with van der Waals surface area (Å²) in [6.45, 7) is 6.30. The summed E-state index contributed by atoms with van der Waals surface area (Å²) in [4.78, 5) is 16.7. The highest BCUT2D eigenvalue weighted by Crippen LogP contribution is 2.41. The van der Waals surface area contributed by atoms with Crippen LogP contribution < -0.4 is 10.6 Å². The van der Waals surface area contributed by atoms with Crippen molar-refractivity contribution < 1.29 is 9.21 Å². The molecule has 156 valence electrons. The average Bonchev–Trinajstić information content (AvgIpc) is 3.34. The average molecular weight is 462 g/mol. The van der Waals surface area contributed by atoms with Crippen molar-refractivity contribution in [2.45, 2.75) is 39.0 Å². The van der Waals surface area contributed by atoms with Crippen molar-refractivity contribution in [1.29, 1.82) is 0 Å². The van der Waals surface area contributed by atoms with Gasteiger partial charge in [-0.3, -0.25) is 9.69 Å². The van der Waals surface area contributed by atoms with E-state index in [1.165, 1.54) is 10.4 Å². The lowest BCUT2D eigenvalue weighted by Crippen LogP contribution is -2.39. The number of hydrogen-bond acceptors (Lipinski definition) is 5. The van der Waals surface area contributed by atoms with E-state index in [1.54, 1.807) is 23.5 Å². The third kappa shape index (κ3) is 3.42. The Labute approximate surface area is 189 Å². The van der Waals surface area contributed by atoms with Gasteiger partial charge in [-0.1, -0.05) is 23.2 Å². The van der Waals surface area contributed by atoms with Crippen molar-refractivity contribution in [3.8, 4) is 11.3 Å². The molecule has 0 saturated heterocycles. The SMILES string of the molecule is CC(C)N1CCc2c(sc3c2C(=O)N[C@H](c2ccc(-c4ccc(Cl)c(Cl)c4)o2)N3)C1. The maximum absolute atomic E-state index is 12.9. The first-order valence-electron chi connectivity index (χ1n) is 9.92. The molecule has 0 fully saturated rings. The van der Waals surface area contributed by atoms with E-state index in [4.69, 9.17) is 27.6 Å². The Bertz CT molecular complexity index is 1140. The second-order valence-corrected chi connectivity index (χ2v) is 9.82. The number of amides is 1. The molecule has 1 aromatic carbocycles. The molecule has 0 saturated carbocycles.